The van der Waals surface area contributed by atoms with Crippen molar-refractivity contribution in [3.8, 4) is 5.75 Å². The summed E-state index contributed by atoms with van der Waals surface area (Å²) >= 11 is 0. The summed E-state index contributed by atoms with van der Waals surface area (Å²) in [6, 6.07) is 4.54. The number of carbonyl (C=O) groups excluding carboxylic acids is 3. The minimum Gasteiger partial charge on any atom is -0.461 e. The zero-order chi connectivity index (χ0) is 20.4. The number of Topliss-reactive ketones (excluding diaryl/α,β-unsaturated/α-hetero) is 1. The van der Waals surface area contributed by atoms with Crippen molar-refractivity contribution in [1.82, 2.24) is 0 Å². The molecule has 1 aromatic carbocycles. The van der Waals surface area contributed by atoms with E-state index in [4.69, 9.17) is 9.47 Å². The molecular formula is C18H24O7S2. The van der Waals surface area contributed by atoms with Gasteiger partial charge in [-0.1, -0.05) is 19.4 Å². The summed E-state index contributed by atoms with van der Waals surface area (Å²) in [4.78, 5) is 35.5. The maximum absolute atomic E-state index is 12.3. The molecule has 9 heteroatoms. The first-order valence-corrected chi connectivity index (χ1v) is 11.9. The van der Waals surface area contributed by atoms with Gasteiger partial charge in [-0.05, 0) is 34.9 Å². The fraction of sp³-hybridized carbons (Fsp3) is 0.500. The van der Waals surface area contributed by atoms with Crippen molar-refractivity contribution >= 4 is 37.4 Å². The summed E-state index contributed by atoms with van der Waals surface area (Å²) in [5.74, 6) is -1.16. The van der Waals surface area contributed by atoms with Crippen LogP contribution in [0.2, 0.25) is 0 Å². The van der Waals surface area contributed by atoms with Crippen molar-refractivity contribution in [2.45, 2.75) is 39.5 Å². The molecule has 1 aromatic rings. The molecule has 0 aromatic heterocycles. The molecular weight excluding hydrogens is 392 g/mol. The summed E-state index contributed by atoms with van der Waals surface area (Å²) in [7, 11) is -2.55. The van der Waals surface area contributed by atoms with Gasteiger partial charge in [0.15, 0.2) is 8.87 Å². The Labute approximate surface area is 163 Å². The predicted molar refractivity (Wildman–Crippen MR) is 104 cm³/mol. The van der Waals surface area contributed by atoms with Gasteiger partial charge >= 0.3 is 11.9 Å². The highest BCUT2D eigenvalue weighted by Crippen LogP contribution is 2.23. The number of unbranched alkanes of at least 4 members (excludes halogenated alkanes) is 1. The summed E-state index contributed by atoms with van der Waals surface area (Å²) in [6.07, 6.45) is 3.42. The molecule has 150 valence electrons. The van der Waals surface area contributed by atoms with Crippen LogP contribution < -0.4 is 4.74 Å². The second-order valence-corrected chi connectivity index (χ2v) is 10.5. The van der Waals surface area contributed by atoms with Gasteiger partial charge in [0.1, 0.15) is 23.7 Å². The lowest BCUT2D eigenvalue weighted by molar-refractivity contribution is -0.132. The lowest BCUT2D eigenvalue weighted by atomic mass is 10.0. The van der Waals surface area contributed by atoms with E-state index >= 15 is 0 Å². The number of ketones is 1. The maximum Gasteiger partial charge on any atom is 0.341 e. The number of hydrogen-bond acceptors (Lipinski definition) is 8. The Morgan fingerprint density at radius 1 is 1.19 bits per heavy atom. The van der Waals surface area contributed by atoms with Crippen LogP contribution in [0, 0.1) is 0 Å². The third kappa shape index (κ3) is 9.58. The Bertz CT molecular complexity index is 785. The Morgan fingerprint density at radius 2 is 1.89 bits per heavy atom. The van der Waals surface area contributed by atoms with Crippen molar-refractivity contribution in [2.24, 2.45) is 0 Å². The van der Waals surface area contributed by atoms with E-state index in [1.165, 1.54) is 19.1 Å². The largest absolute Gasteiger partial charge is 0.461 e. The van der Waals surface area contributed by atoms with Crippen molar-refractivity contribution in [3.63, 3.8) is 0 Å². The average molecular weight is 417 g/mol. The van der Waals surface area contributed by atoms with Crippen LogP contribution in [0.25, 0.3) is 0 Å². The summed E-state index contributed by atoms with van der Waals surface area (Å²) < 4.78 is 32.2. The van der Waals surface area contributed by atoms with E-state index in [1.54, 1.807) is 6.07 Å². The second-order valence-electron chi connectivity index (χ2n) is 5.91. The van der Waals surface area contributed by atoms with Gasteiger partial charge in [0, 0.05) is 31.8 Å². The monoisotopic (exact) mass is 416 g/mol. The Morgan fingerprint density at radius 3 is 2.48 bits per heavy atom. The Hall–Kier alpha value is -1.87. The molecule has 0 atom stereocenters. The number of ether oxygens (including phenoxy) is 2. The highest BCUT2D eigenvalue weighted by atomic mass is 33.1. The van der Waals surface area contributed by atoms with Crippen LogP contribution in [-0.2, 0) is 29.6 Å². The molecule has 0 aliphatic heterocycles. The predicted octanol–water partition coefficient (Wildman–Crippen LogP) is 2.76. The molecule has 7 nitrogen and oxygen atoms in total. The summed E-state index contributed by atoms with van der Waals surface area (Å²) in [6.45, 7) is 3.09. The van der Waals surface area contributed by atoms with Gasteiger partial charge in [0.2, 0.25) is 0 Å². The van der Waals surface area contributed by atoms with Crippen LogP contribution in [0.5, 0.6) is 5.75 Å². The van der Waals surface area contributed by atoms with E-state index in [2.05, 4.69) is 0 Å². The van der Waals surface area contributed by atoms with Crippen molar-refractivity contribution < 1.29 is 32.3 Å². The van der Waals surface area contributed by atoms with Gasteiger partial charge in [0.05, 0.1) is 0 Å². The van der Waals surface area contributed by atoms with E-state index in [9.17, 15) is 22.8 Å². The van der Waals surface area contributed by atoms with Gasteiger partial charge in [-0.2, -0.15) is 0 Å². The first-order chi connectivity index (χ1) is 12.6. The van der Waals surface area contributed by atoms with Crippen molar-refractivity contribution in [2.75, 3.05) is 18.6 Å². The molecule has 0 heterocycles. The van der Waals surface area contributed by atoms with Crippen LogP contribution in [0.15, 0.2) is 18.2 Å². The molecule has 0 unspecified atom stereocenters. The number of hydrogen-bond donors (Lipinski definition) is 0. The number of rotatable bonds is 11. The van der Waals surface area contributed by atoms with Crippen LogP contribution in [0.1, 0.15) is 49.0 Å². The van der Waals surface area contributed by atoms with E-state index in [0.717, 1.165) is 19.1 Å². The van der Waals surface area contributed by atoms with Crippen LogP contribution in [0.4, 0.5) is 0 Å². The summed E-state index contributed by atoms with van der Waals surface area (Å²) in [5.41, 5.74) is 0.639. The molecule has 27 heavy (non-hydrogen) atoms. The third-order valence-corrected chi connectivity index (χ3v) is 5.89. The molecule has 0 saturated heterocycles. The first-order valence-electron chi connectivity index (χ1n) is 8.47. The SMILES string of the molecule is CCCCC(=O)Cc1ccc(OC(C)=O)c(C(=O)OCCSS(C)(=O)=O)c1. The molecule has 0 amide bonds. The molecule has 0 N–H and O–H groups in total. The van der Waals surface area contributed by atoms with Gasteiger partial charge in [-0.15, -0.1) is 0 Å². The second kappa shape index (κ2) is 11.1. The molecule has 0 bridgehead atoms. The zero-order valence-corrected chi connectivity index (χ0v) is 17.3. The van der Waals surface area contributed by atoms with Crippen LogP contribution in [0.3, 0.4) is 0 Å². The van der Waals surface area contributed by atoms with Gasteiger partial charge in [-0.3, -0.25) is 9.59 Å². The van der Waals surface area contributed by atoms with Gasteiger partial charge in [0.25, 0.3) is 0 Å². The minimum atomic E-state index is -3.22. The average Bonchev–Trinajstić information content (AvgIpc) is 2.56. The number of carbonyl (C=O) groups is 3. The lowest BCUT2D eigenvalue weighted by Gasteiger charge is -2.11. The highest BCUT2D eigenvalue weighted by Gasteiger charge is 2.18. The molecule has 0 radical (unpaired) electrons. The lowest BCUT2D eigenvalue weighted by Crippen LogP contribution is -2.13. The fourth-order valence-corrected chi connectivity index (χ4v) is 3.74. The smallest absolute Gasteiger partial charge is 0.341 e. The number of benzene rings is 1. The van der Waals surface area contributed by atoms with Gasteiger partial charge in [-0.25, -0.2) is 13.2 Å². The van der Waals surface area contributed by atoms with Crippen molar-refractivity contribution in [3.05, 3.63) is 29.3 Å². The van der Waals surface area contributed by atoms with Gasteiger partial charge < -0.3 is 9.47 Å². The minimum absolute atomic E-state index is 0.0235. The van der Waals surface area contributed by atoms with E-state index in [1.807, 2.05) is 6.92 Å². The standard InChI is InChI=1S/C18H24O7S2/c1-4-5-6-15(20)11-14-7-8-17(25-13(2)19)16(12-14)18(21)24-9-10-26-27(3,22)23/h7-8,12H,4-6,9-11H2,1-3H3. The topological polar surface area (TPSA) is 104 Å². The van der Waals surface area contributed by atoms with Crippen LogP contribution >= 0.6 is 10.8 Å². The molecule has 0 aliphatic carbocycles. The molecule has 0 saturated carbocycles. The Balaban J connectivity index is 2.88. The third-order valence-electron chi connectivity index (χ3n) is 3.34. The zero-order valence-electron chi connectivity index (χ0n) is 15.6. The van der Waals surface area contributed by atoms with Crippen LogP contribution in [-0.4, -0.2) is 44.8 Å². The van der Waals surface area contributed by atoms with Crippen molar-refractivity contribution in [1.29, 1.82) is 0 Å². The van der Waals surface area contributed by atoms with E-state index in [0.29, 0.717) is 22.8 Å². The molecule has 0 aliphatic rings. The summed E-state index contributed by atoms with van der Waals surface area (Å²) in [5, 5.41) is 0. The fourth-order valence-electron chi connectivity index (χ4n) is 2.18. The first kappa shape index (κ1) is 23.2. The maximum atomic E-state index is 12.3. The molecule has 1 rings (SSSR count). The normalized spacial score (nSPS) is 11.1. The molecule has 0 fully saturated rings. The Kier molecular flexibility index (Phi) is 9.51. The molecule has 0 spiro atoms. The number of esters is 2. The van der Waals surface area contributed by atoms with E-state index in [-0.39, 0.29) is 35.9 Å². The van der Waals surface area contributed by atoms with E-state index < -0.39 is 20.8 Å². The quantitative estimate of drug-likeness (QED) is 0.235. The highest BCUT2D eigenvalue weighted by molar-refractivity contribution is 8.71.